The van der Waals surface area contributed by atoms with Crippen LogP contribution in [-0.2, 0) is 31.9 Å². The van der Waals surface area contributed by atoms with Gasteiger partial charge >= 0.3 is 6.09 Å². The number of Topliss-reactive ketones (excluding diaryl/α,β-unsaturated/α-hetero) is 2. The van der Waals surface area contributed by atoms with Gasteiger partial charge in [-0.15, -0.1) is 0 Å². The van der Waals surface area contributed by atoms with Crippen LogP contribution in [0.25, 0.3) is 0 Å². The van der Waals surface area contributed by atoms with Crippen molar-refractivity contribution >= 4 is 17.7 Å². The van der Waals surface area contributed by atoms with E-state index in [2.05, 4.69) is 38.2 Å². The molecule has 3 fully saturated rings. The molecule has 1 saturated carbocycles. The highest BCUT2D eigenvalue weighted by atomic mass is 16.6. The maximum Gasteiger partial charge on any atom is 0.407 e. The molecule has 6 nitrogen and oxygen atoms in total. The van der Waals surface area contributed by atoms with Gasteiger partial charge in [-0.3, -0.25) is 9.59 Å². The van der Waals surface area contributed by atoms with Gasteiger partial charge in [0.2, 0.25) is 0 Å². The first-order valence-electron chi connectivity index (χ1n) is 11.6. The number of nitrogens with one attached hydrogen (secondary N) is 1. The summed E-state index contributed by atoms with van der Waals surface area (Å²) in [4.78, 5) is 39.4. The molecule has 0 spiro atoms. The summed E-state index contributed by atoms with van der Waals surface area (Å²) in [5, 5.41) is 2.69. The predicted octanol–water partition coefficient (Wildman–Crippen LogP) is 3.66. The maximum atomic E-state index is 13.8. The molecule has 1 aromatic carbocycles. The molecule has 0 radical (unpaired) electrons. The van der Waals surface area contributed by atoms with Crippen LogP contribution in [-0.4, -0.2) is 42.5 Å². The van der Waals surface area contributed by atoms with Crippen molar-refractivity contribution in [2.45, 2.75) is 77.4 Å². The normalized spacial score (nSPS) is 31.2. The van der Waals surface area contributed by atoms with E-state index in [0.717, 1.165) is 47.9 Å². The minimum Gasteiger partial charge on any atom is -0.446 e. The minimum absolute atomic E-state index is 0.00902. The molecular weight excluding hydrogens is 394 g/mol. The van der Waals surface area contributed by atoms with E-state index in [4.69, 9.17) is 9.47 Å². The topological polar surface area (TPSA) is 81.7 Å². The number of rotatable bonds is 7. The van der Waals surface area contributed by atoms with Crippen LogP contribution in [0.1, 0.15) is 68.2 Å². The monoisotopic (exact) mass is 427 g/mol. The number of ether oxygens (including phenoxy) is 2. The lowest BCUT2D eigenvalue weighted by Crippen LogP contribution is -2.45. The standard InChI is InChI=1S/C25H33NO5/c1-5-10-26-24(29)30-13-25-9-8-17(31-25)19-21(25)23(28)20(22(19)27)18-15(6-2)11-14(4)12-16(18)7-3/h11-12,17,19-21H,5-10,13H2,1-4H3,(H,26,29)/t17-,19-,20?,21+,25-/m0/s1. The van der Waals surface area contributed by atoms with Crippen LogP contribution in [0.3, 0.4) is 0 Å². The summed E-state index contributed by atoms with van der Waals surface area (Å²) in [5.41, 5.74) is 3.37. The van der Waals surface area contributed by atoms with Crippen molar-refractivity contribution in [3.63, 3.8) is 0 Å². The summed E-state index contributed by atoms with van der Waals surface area (Å²) in [7, 11) is 0. The highest BCUT2D eigenvalue weighted by Gasteiger charge is 2.70. The zero-order chi connectivity index (χ0) is 22.3. The van der Waals surface area contributed by atoms with Gasteiger partial charge in [0.1, 0.15) is 18.1 Å². The summed E-state index contributed by atoms with van der Waals surface area (Å²) < 4.78 is 11.6. The third kappa shape index (κ3) is 3.49. The predicted molar refractivity (Wildman–Crippen MR) is 116 cm³/mol. The van der Waals surface area contributed by atoms with Gasteiger partial charge in [-0.05, 0) is 55.7 Å². The van der Waals surface area contributed by atoms with Gasteiger partial charge in [0.05, 0.1) is 17.9 Å². The summed E-state index contributed by atoms with van der Waals surface area (Å²) in [6.45, 7) is 8.71. The first-order valence-corrected chi connectivity index (χ1v) is 11.6. The average molecular weight is 428 g/mol. The van der Waals surface area contributed by atoms with E-state index < -0.39 is 29.4 Å². The van der Waals surface area contributed by atoms with Crippen LogP contribution in [0.15, 0.2) is 12.1 Å². The number of fused-ring (bicyclic) bond motifs is 5. The number of carbonyl (C=O) groups excluding carboxylic acids is 3. The van der Waals surface area contributed by atoms with Crippen molar-refractivity contribution in [1.82, 2.24) is 5.32 Å². The molecule has 1 amide bonds. The van der Waals surface area contributed by atoms with Crippen LogP contribution in [0.5, 0.6) is 0 Å². The van der Waals surface area contributed by atoms with Gasteiger partial charge in [0.15, 0.2) is 11.6 Å². The first-order chi connectivity index (χ1) is 14.9. The molecule has 2 saturated heterocycles. The van der Waals surface area contributed by atoms with Crippen LogP contribution < -0.4 is 5.32 Å². The van der Waals surface area contributed by atoms with Crippen molar-refractivity contribution in [3.05, 3.63) is 34.4 Å². The third-order valence-electron chi connectivity index (χ3n) is 7.28. The fourth-order valence-electron chi connectivity index (χ4n) is 5.98. The Balaban J connectivity index is 1.65. The fourth-order valence-corrected chi connectivity index (χ4v) is 5.98. The zero-order valence-corrected chi connectivity index (χ0v) is 19.0. The Hall–Kier alpha value is -2.21. The first kappa shape index (κ1) is 22.0. The molecule has 168 valence electrons. The second-order valence-electron chi connectivity index (χ2n) is 9.21. The lowest BCUT2D eigenvalue weighted by atomic mass is 9.73. The lowest BCUT2D eigenvalue weighted by Gasteiger charge is -2.31. The molecule has 2 heterocycles. The van der Waals surface area contributed by atoms with Crippen molar-refractivity contribution < 1.29 is 23.9 Å². The van der Waals surface area contributed by atoms with Crippen LogP contribution in [0.4, 0.5) is 4.79 Å². The van der Waals surface area contributed by atoms with Gasteiger partial charge in [-0.2, -0.15) is 0 Å². The van der Waals surface area contributed by atoms with Gasteiger partial charge in [-0.1, -0.05) is 38.5 Å². The van der Waals surface area contributed by atoms with Gasteiger partial charge in [-0.25, -0.2) is 4.79 Å². The van der Waals surface area contributed by atoms with Crippen LogP contribution in [0.2, 0.25) is 0 Å². The Morgan fingerprint density at radius 1 is 1.16 bits per heavy atom. The van der Waals surface area contributed by atoms with Crippen LogP contribution >= 0.6 is 0 Å². The second kappa shape index (κ2) is 8.38. The molecule has 1 N–H and O–H groups in total. The number of hydrogen-bond acceptors (Lipinski definition) is 5. The number of amides is 1. The Morgan fingerprint density at radius 3 is 2.45 bits per heavy atom. The molecule has 2 aliphatic heterocycles. The largest absolute Gasteiger partial charge is 0.446 e. The molecule has 6 heteroatoms. The molecular formula is C25H33NO5. The number of benzene rings is 1. The number of alkyl carbamates (subject to hydrolysis) is 1. The Morgan fingerprint density at radius 2 is 1.84 bits per heavy atom. The highest BCUT2D eigenvalue weighted by molar-refractivity contribution is 6.17. The van der Waals surface area contributed by atoms with E-state index in [1.165, 1.54) is 0 Å². The molecule has 2 bridgehead atoms. The number of ketones is 2. The van der Waals surface area contributed by atoms with Gasteiger partial charge in [0, 0.05) is 6.54 Å². The molecule has 4 rings (SSSR count). The molecule has 5 atom stereocenters. The fraction of sp³-hybridized carbons (Fsp3) is 0.640. The van der Waals surface area contributed by atoms with E-state index in [1.54, 1.807) is 0 Å². The SMILES string of the molecule is CCCNC(=O)OC[C@]12CC[C@H](O1)[C@@H]1C(=O)C(c3c(CC)cc(C)cc3CC)C(=O)[C@@H]12. The Labute approximate surface area is 184 Å². The van der Waals surface area contributed by atoms with Crippen LogP contribution in [0, 0.1) is 18.8 Å². The Bertz CT molecular complexity index is 884. The molecule has 3 aliphatic rings. The zero-order valence-electron chi connectivity index (χ0n) is 19.0. The Kier molecular flexibility index (Phi) is 5.95. The van der Waals surface area contributed by atoms with Gasteiger partial charge < -0.3 is 14.8 Å². The van der Waals surface area contributed by atoms with E-state index >= 15 is 0 Å². The van der Waals surface area contributed by atoms with E-state index in [1.807, 2.05) is 6.92 Å². The number of hydrogen-bond donors (Lipinski definition) is 1. The van der Waals surface area contributed by atoms with Crippen molar-refractivity contribution in [2.75, 3.05) is 13.2 Å². The highest BCUT2D eigenvalue weighted by Crippen LogP contribution is 2.58. The van der Waals surface area contributed by atoms with E-state index in [-0.39, 0.29) is 24.3 Å². The summed E-state index contributed by atoms with van der Waals surface area (Å²) in [6.07, 6.45) is 2.98. The smallest absolute Gasteiger partial charge is 0.407 e. The van der Waals surface area contributed by atoms with Gasteiger partial charge in [0.25, 0.3) is 0 Å². The molecule has 1 aliphatic carbocycles. The van der Waals surface area contributed by atoms with E-state index in [9.17, 15) is 14.4 Å². The lowest BCUT2D eigenvalue weighted by molar-refractivity contribution is -0.132. The molecule has 31 heavy (non-hydrogen) atoms. The van der Waals surface area contributed by atoms with Crippen molar-refractivity contribution in [3.8, 4) is 0 Å². The molecule has 0 aromatic heterocycles. The number of aryl methyl sites for hydroxylation is 3. The van der Waals surface area contributed by atoms with Crippen molar-refractivity contribution in [2.24, 2.45) is 11.8 Å². The molecule has 1 unspecified atom stereocenters. The average Bonchev–Trinajstić information content (AvgIpc) is 3.40. The van der Waals surface area contributed by atoms with Crippen molar-refractivity contribution in [1.29, 1.82) is 0 Å². The summed E-state index contributed by atoms with van der Waals surface area (Å²) in [6, 6.07) is 4.20. The summed E-state index contributed by atoms with van der Waals surface area (Å²) in [5.74, 6) is -1.74. The third-order valence-corrected chi connectivity index (χ3v) is 7.28. The second-order valence-corrected chi connectivity index (χ2v) is 9.21. The minimum atomic E-state index is -0.871. The summed E-state index contributed by atoms with van der Waals surface area (Å²) >= 11 is 0. The van der Waals surface area contributed by atoms with E-state index in [0.29, 0.717) is 13.0 Å². The molecule has 1 aromatic rings. The quantitative estimate of drug-likeness (QED) is 0.672. The number of carbonyl (C=O) groups is 3. The maximum absolute atomic E-state index is 13.8.